The van der Waals surface area contributed by atoms with Crippen LogP contribution in [0.3, 0.4) is 0 Å². The third-order valence-electron chi connectivity index (χ3n) is 2.09. The first-order valence-electron chi connectivity index (χ1n) is 4.71. The lowest BCUT2D eigenvalue weighted by molar-refractivity contribution is -0.137. The van der Waals surface area contributed by atoms with Crippen molar-refractivity contribution in [3.63, 3.8) is 0 Å². The molecule has 2 nitrogen and oxygen atoms in total. The molecule has 0 N–H and O–H groups in total. The number of halogens is 3. The van der Waals surface area contributed by atoms with Crippen molar-refractivity contribution >= 4 is 21.7 Å². The first kappa shape index (κ1) is 11.3. The highest BCUT2D eigenvalue weighted by molar-refractivity contribution is 7.18. The van der Waals surface area contributed by atoms with E-state index in [4.69, 9.17) is 0 Å². The van der Waals surface area contributed by atoms with Crippen molar-refractivity contribution in [2.45, 2.75) is 25.9 Å². The Labute approximate surface area is 94.1 Å². The highest BCUT2D eigenvalue weighted by Gasteiger charge is 2.31. The van der Waals surface area contributed by atoms with Crippen LogP contribution in [-0.2, 0) is 6.18 Å². The molecule has 0 aliphatic heterocycles. The molecule has 0 atom stereocenters. The Morgan fingerprint density at radius 3 is 2.56 bits per heavy atom. The van der Waals surface area contributed by atoms with Crippen LogP contribution in [0.2, 0.25) is 0 Å². The minimum absolute atomic E-state index is 0.202. The van der Waals surface area contributed by atoms with Gasteiger partial charge in [-0.2, -0.15) is 13.2 Å². The maximum Gasteiger partial charge on any atom is 0.417 e. The second kappa shape index (κ2) is 3.69. The van der Waals surface area contributed by atoms with E-state index in [-0.39, 0.29) is 5.92 Å². The summed E-state index contributed by atoms with van der Waals surface area (Å²) in [5.41, 5.74) is -0.427. The molecule has 0 unspecified atom stereocenters. The number of fused-ring (bicyclic) bond motifs is 1. The van der Waals surface area contributed by atoms with Gasteiger partial charge in [-0.1, -0.05) is 25.2 Å². The number of rotatable bonds is 1. The number of alkyl halides is 3. The van der Waals surface area contributed by atoms with Crippen molar-refractivity contribution in [3.8, 4) is 0 Å². The Morgan fingerprint density at radius 2 is 2.00 bits per heavy atom. The van der Waals surface area contributed by atoms with E-state index in [9.17, 15) is 13.2 Å². The van der Waals surface area contributed by atoms with Gasteiger partial charge in [-0.3, -0.25) is 0 Å². The van der Waals surface area contributed by atoms with Crippen LogP contribution in [-0.4, -0.2) is 9.97 Å². The maximum absolute atomic E-state index is 12.4. The molecule has 0 saturated heterocycles. The molecule has 0 saturated carbocycles. The van der Waals surface area contributed by atoms with Crippen LogP contribution in [0, 0.1) is 0 Å². The highest BCUT2D eigenvalue weighted by Crippen LogP contribution is 2.32. The summed E-state index contributed by atoms with van der Waals surface area (Å²) in [6.07, 6.45) is -3.51. The molecule has 2 rings (SSSR count). The summed E-state index contributed by atoms with van der Waals surface area (Å²) in [4.78, 5) is 8.48. The fourth-order valence-corrected chi connectivity index (χ4v) is 2.13. The molecule has 0 spiro atoms. The van der Waals surface area contributed by atoms with Gasteiger partial charge in [-0.25, -0.2) is 9.97 Å². The molecule has 6 heteroatoms. The van der Waals surface area contributed by atoms with Gasteiger partial charge in [-0.05, 0) is 6.07 Å². The summed E-state index contributed by atoms with van der Waals surface area (Å²) in [6.45, 7) is 3.89. The molecular formula is C10H9F3N2S. The van der Waals surface area contributed by atoms with Crippen LogP contribution in [0.25, 0.3) is 10.3 Å². The van der Waals surface area contributed by atoms with E-state index in [0.717, 1.165) is 17.3 Å². The zero-order chi connectivity index (χ0) is 11.9. The molecule has 0 bridgehead atoms. The van der Waals surface area contributed by atoms with Gasteiger partial charge in [0.15, 0.2) is 0 Å². The van der Waals surface area contributed by atoms with E-state index in [1.807, 2.05) is 13.8 Å². The molecule has 0 aliphatic rings. The molecule has 0 aromatic carbocycles. The standard InChI is InChI=1S/C10H9F3N2S/c1-5(2)8-15-7-3-6(10(11,12)13)4-14-9(7)16-8/h3-5H,1-2H3. The molecule has 0 radical (unpaired) electrons. The molecule has 2 aromatic rings. The van der Waals surface area contributed by atoms with Crippen molar-refractivity contribution in [1.82, 2.24) is 9.97 Å². The molecule has 2 aromatic heterocycles. The number of nitrogens with zero attached hydrogens (tertiary/aromatic N) is 2. The third-order valence-corrected chi connectivity index (χ3v) is 3.37. The van der Waals surface area contributed by atoms with Crippen LogP contribution < -0.4 is 0 Å². The minimum Gasteiger partial charge on any atom is -0.243 e. The van der Waals surface area contributed by atoms with Gasteiger partial charge in [0.25, 0.3) is 0 Å². The number of pyridine rings is 1. The Morgan fingerprint density at radius 1 is 1.31 bits per heavy atom. The molecule has 2 heterocycles. The van der Waals surface area contributed by atoms with Crippen molar-refractivity contribution in [2.24, 2.45) is 0 Å². The largest absolute Gasteiger partial charge is 0.417 e. The lowest BCUT2D eigenvalue weighted by Gasteiger charge is -2.04. The van der Waals surface area contributed by atoms with Crippen LogP contribution in [0.1, 0.15) is 30.3 Å². The van der Waals surface area contributed by atoms with Gasteiger partial charge in [-0.15, -0.1) is 0 Å². The van der Waals surface area contributed by atoms with Crippen molar-refractivity contribution in [2.75, 3.05) is 0 Å². The fourth-order valence-electron chi connectivity index (χ4n) is 1.24. The van der Waals surface area contributed by atoms with Crippen LogP contribution in [0.5, 0.6) is 0 Å². The lowest BCUT2D eigenvalue weighted by atomic mass is 10.2. The van der Waals surface area contributed by atoms with Crippen molar-refractivity contribution < 1.29 is 13.2 Å². The zero-order valence-electron chi connectivity index (χ0n) is 8.67. The molecule has 16 heavy (non-hydrogen) atoms. The second-order valence-electron chi connectivity index (χ2n) is 3.75. The maximum atomic E-state index is 12.4. The van der Waals surface area contributed by atoms with E-state index in [2.05, 4.69) is 9.97 Å². The zero-order valence-corrected chi connectivity index (χ0v) is 9.49. The number of thiazole rings is 1. The normalized spacial score (nSPS) is 12.6. The summed E-state index contributed by atoms with van der Waals surface area (Å²) in [7, 11) is 0. The second-order valence-corrected chi connectivity index (χ2v) is 4.76. The summed E-state index contributed by atoms with van der Waals surface area (Å²) in [5, 5.41) is 0.807. The van der Waals surface area contributed by atoms with Gasteiger partial charge in [0.2, 0.25) is 0 Å². The number of aromatic nitrogens is 2. The average Bonchev–Trinajstić information content (AvgIpc) is 2.58. The topological polar surface area (TPSA) is 25.8 Å². The Bertz CT molecular complexity index is 516. The summed E-state index contributed by atoms with van der Waals surface area (Å²) < 4.78 is 37.3. The quantitative estimate of drug-likeness (QED) is 0.764. The van der Waals surface area contributed by atoms with E-state index in [0.29, 0.717) is 10.3 Å². The summed E-state index contributed by atoms with van der Waals surface area (Å²) >= 11 is 1.34. The van der Waals surface area contributed by atoms with E-state index in [1.165, 1.54) is 11.3 Å². The minimum atomic E-state index is -4.36. The van der Waals surface area contributed by atoms with E-state index in [1.54, 1.807) is 0 Å². The van der Waals surface area contributed by atoms with Gasteiger partial charge < -0.3 is 0 Å². The number of hydrogen-bond donors (Lipinski definition) is 0. The van der Waals surface area contributed by atoms with E-state index < -0.39 is 11.7 Å². The first-order valence-corrected chi connectivity index (χ1v) is 5.53. The average molecular weight is 246 g/mol. The van der Waals surface area contributed by atoms with Crippen LogP contribution in [0.4, 0.5) is 13.2 Å². The molecule has 86 valence electrons. The van der Waals surface area contributed by atoms with E-state index >= 15 is 0 Å². The lowest BCUT2D eigenvalue weighted by Crippen LogP contribution is -2.04. The SMILES string of the molecule is CC(C)c1nc2cc(C(F)(F)F)cnc2s1. The summed E-state index contributed by atoms with van der Waals surface area (Å²) in [5.74, 6) is 0.202. The number of hydrogen-bond acceptors (Lipinski definition) is 3. The predicted octanol–water partition coefficient (Wildman–Crippen LogP) is 3.83. The monoisotopic (exact) mass is 246 g/mol. The van der Waals surface area contributed by atoms with Gasteiger partial charge in [0, 0.05) is 12.1 Å². The van der Waals surface area contributed by atoms with Gasteiger partial charge in [0.1, 0.15) is 10.3 Å². The highest BCUT2D eigenvalue weighted by atomic mass is 32.1. The predicted molar refractivity (Wildman–Crippen MR) is 56.5 cm³/mol. The van der Waals surface area contributed by atoms with Crippen LogP contribution >= 0.6 is 11.3 Å². The smallest absolute Gasteiger partial charge is 0.243 e. The van der Waals surface area contributed by atoms with Crippen molar-refractivity contribution in [3.05, 3.63) is 22.8 Å². The van der Waals surface area contributed by atoms with Gasteiger partial charge >= 0.3 is 6.18 Å². The Hall–Kier alpha value is -1.17. The fraction of sp³-hybridized carbons (Fsp3) is 0.400. The summed E-state index contributed by atoms with van der Waals surface area (Å²) in [6, 6.07) is 1.05. The Kier molecular flexibility index (Phi) is 2.61. The molecule has 0 fully saturated rings. The molecule has 0 aliphatic carbocycles. The Balaban J connectivity index is 2.54. The van der Waals surface area contributed by atoms with Gasteiger partial charge in [0.05, 0.1) is 10.6 Å². The molecular weight excluding hydrogens is 237 g/mol. The van der Waals surface area contributed by atoms with Crippen molar-refractivity contribution in [1.29, 1.82) is 0 Å². The molecule has 0 amide bonds. The first-order chi connectivity index (χ1) is 7.38. The third kappa shape index (κ3) is 2.02. The van der Waals surface area contributed by atoms with Crippen LogP contribution in [0.15, 0.2) is 12.3 Å².